The molecule has 2 heterocycles. The predicted octanol–water partition coefficient (Wildman–Crippen LogP) is 0.830. The van der Waals surface area contributed by atoms with E-state index in [1.54, 1.807) is 6.26 Å². The van der Waals surface area contributed by atoms with Crippen LogP contribution >= 0.6 is 45.1 Å². The molecule has 0 bridgehead atoms. The first-order chi connectivity index (χ1) is 15.1. The van der Waals surface area contributed by atoms with E-state index in [9.17, 15) is 33.1 Å². The maximum atomic E-state index is 12.1. The van der Waals surface area contributed by atoms with Crippen LogP contribution < -0.4 is 11.2 Å². The molecule has 0 aliphatic carbocycles. The smallest absolute Gasteiger partial charge is 0.364 e. The highest BCUT2D eigenvalue weighted by Crippen LogP contribution is 2.66. The molecule has 0 saturated carbocycles. The van der Waals surface area contributed by atoms with Crippen molar-refractivity contribution in [2.24, 2.45) is 0 Å². The summed E-state index contributed by atoms with van der Waals surface area (Å²) >= 11 is 0. The number of hydrogen-bond donors (Lipinski definition) is 5. The quantitative estimate of drug-likeness (QED) is 0.101. The maximum Gasteiger partial charge on any atom is 0.490 e. The molecule has 1 aromatic heterocycles. The highest BCUT2D eigenvalue weighted by molar-refractivity contribution is 8.76. The Balaban J connectivity index is 2.13. The number of aromatic amines is 1. The minimum atomic E-state index is -5.67. The van der Waals surface area contributed by atoms with Crippen molar-refractivity contribution >= 4 is 45.1 Å². The number of phosphoric acid groups is 3. The normalized spacial score (nSPS) is 25.0. The second kappa shape index (κ2) is 11.6. The van der Waals surface area contributed by atoms with E-state index in [1.165, 1.54) is 34.7 Å². The van der Waals surface area contributed by atoms with Gasteiger partial charge in [0.2, 0.25) is 0 Å². The number of aryl methyl sites for hydroxylation is 1. The molecule has 0 aromatic carbocycles. The third kappa shape index (κ3) is 9.35. The van der Waals surface area contributed by atoms with Gasteiger partial charge in [0, 0.05) is 18.2 Å². The van der Waals surface area contributed by atoms with Crippen LogP contribution in [0.25, 0.3) is 0 Å². The zero-order chi connectivity index (χ0) is 25.0. The van der Waals surface area contributed by atoms with Crippen LogP contribution in [0.2, 0.25) is 0 Å². The second-order valence-electron chi connectivity index (χ2n) is 6.34. The van der Waals surface area contributed by atoms with E-state index in [1.807, 2.05) is 0 Å². The van der Waals surface area contributed by atoms with Crippen LogP contribution in [0.15, 0.2) is 15.8 Å². The van der Waals surface area contributed by atoms with E-state index in [2.05, 4.69) is 18.1 Å². The minimum absolute atomic E-state index is 0.0742. The Morgan fingerprint density at radius 2 is 1.85 bits per heavy atom. The van der Waals surface area contributed by atoms with E-state index in [-0.39, 0.29) is 17.9 Å². The van der Waals surface area contributed by atoms with Crippen LogP contribution in [-0.4, -0.2) is 60.1 Å². The van der Waals surface area contributed by atoms with Crippen LogP contribution in [0.3, 0.4) is 0 Å². The van der Waals surface area contributed by atoms with E-state index in [0.29, 0.717) is 0 Å². The van der Waals surface area contributed by atoms with Crippen LogP contribution in [0.1, 0.15) is 18.2 Å². The zero-order valence-corrected chi connectivity index (χ0v) is 21.2. The largest absolute Gasteiger partial charge is 0.490 e. The third-order valence-electron chi connectivity index (χ3n) is 3.90. The standard InChI is InChI=1S/C12H21N2O14P3S2/c1-7-4-14(12(16)13-11(7)15)10-3-8(24-6-33-32-2)9(26-10)5-25-30(20,21)28-31(22,23)27-29(17,18)19/h4,8-10H,3,5-6H2,1-2H3,(H,20,21)(H,22,23)(H,13,15,16)(H2,17,18,19)/t8?,9-,10-/m1/s1. The molecule has 1 aromatic rings. The summed E-state index contributed by atoms with van der Waals surface area (Å²) in [6, 6.07) is 0. The van der Waals surface area contributed by atoms with E-state index in [0.717, 1.165) is 4.57 Å². The number of hydrogen-bond acceptors (Lipinski definition) is 12. The van der Waals surface area contributed by atoms with Crippen molar-refractivity contribution in [2.75, 3.05) is 18.8 Å². The average Bonchev–Trinajstić information content (AvgIpc) is 3.03. The second-order valence-corrected chi connectivity index (χ2v) is 13.3. The van der Waals surface area contributed by atoms with Gasteiger partial charge >= 0.3 is 29.2 Å². The van der Waals surface area contributed by atoms with E-state index in [4.69, 9.17) is 19.3 Å². The number of aromatic nitrogens is 2. The molecule has 21 heteroatoms. The molecule has 3 unspecified atom stereocenters. The molecular formula is C12H21N2O14P3S2. The number of nitrogens with one attached hydrogen (secondary N) is 1. The fraction of sp³-hybridized carbons (Fsp3) is 0.667. The van der Waals surface area contributed by atoms with Crippen molar-refractivity contribution in [3.8, 4) is 0 Å². The lowest BCUT2D eigenvalue weighted by Crippen LogP contribution is -2.33. The van der Waals surface area contributed by atoms with Crippen molar-refractivity contribution in [2.45, 2.75) is 31.8 Å². The minimum Gasteiger partial charge on any atom is -0.364 e. The highest BCUT2D eigenvalue weighted by atomic mass is 33.1. The van der Waals surface area contributed by atoms with Crippen LogP contribution in [0, 0.1) is 6.92 Å². The maximum absolute atomic E-state index is 12.1. The summed E-state index contributed by atoms with van der Waals surface area (Å²) in [7, 11) is -13.8. The summed E-state index contributed by atoms with van der Waals surface area (Å²) < 4.78 is 58.4. The first-order valence-electron chi connectivity index (χ1n) is 8.65. The Hall–Kier alpha value is -0.290. The van der Waals surface area contributed by atoms with Gasteiger partial charge in [-0.2, -0.15) is 8.62 Å². The van der Waals surface area contributed by atoms with E-state index >= 15 is 0 Å². The van der Waals surface area contributed by atoms with Crippen molar-refractivity contribution in [3.63, 3.8) is 0 Å². The van der Waals surface area contributed by atoms with E-state index < -0.39 is 59.8 Å². The summed E-state index contributed by atoms with van der Waals surface area (Å²) in [5, 5.41) is 0. The molecule has 1 aliphatic heterocycles. The summed E-state index contributed by atoms with van der Waals surface area (Å²) in [6.45, 7) is 0.728. The number of nitrogens with zero attached hydrogens (tertiary/aromatic N) is 1. The van der Waals surface area contributed by atoms with Gasteiger partial charge in [-0.15, -0.1) is 0 Å². The number of rotatable bonds is 12. The molecule has 0 amide bonds. The fourth-order valence-corrected chi connectivity index (χ4v) is 6.44. The van der Waals surface area contributed by atoms with Crippen LogP contribution in [0.4, 0.5) is 0 Å². The van der Waals surface area contributed by atoms with Crippen molar-refractivity contribution in [3.05, 3.63) is 32.6 Å². The van der Waals surface area contributed by atoms with Gasteiger partial charge in [0.15, 0.2) is 0 Å². The molecule has 2 rings (SSSR count). The first kappa shape index (κ1) is 28.9. The summed E-state index contributed by atoms with van der Waals surface area (Å²) in [6.07, 6.45) is 0.335. The molecule has 0 spiro atoms. The summed E-state index contributed by atoms with van der Waals surface area (Å²) in [5.74, 6) is 0.174. The average molecular weight is 574 g/mol. The van der Waals surface area contributed by atoms with Gasteiger partial charge in [0.05, 0.1) is 12.7 Å². The molecule has 33 heavy (non-hydrogen) atoms. The van der Waals surface area contributed by atoms with Gasteiger partial charge in [-0.05, 0) is 13.2 Å². The molecule has 1 aliphatic rings. The lowest BCUT2D eigenvalue weighted by Gasteiger charge is -2.21. The number of ether oxygens (including phenoxy) is 2. The Kier molecular flexibility index (Phi) is 10.2. The SMILES string of the molecule is CSSCOC1C[C@H](n2cc(C)c(=O)[nH]c2=O)O[C@@H]1COP(=O)(O)OP(=O)(O)OP(=O)(O)O. The lowest BCUT2D eigenvalue weighted by atomic mass is 10.2. The Morgan fingerprint density at radius 3 is 2.45 bits per heavy atom. The molecule has 190 valence electrons. The Bertz CT molecular complexity index is 1090. The molecule has 5 N–H and O–H groups in total. The molecule has 16 nitrogen and oxygen atoms in total. The molecule has 0 radical (unpaired) electrons. The molecule has 1 fully saturated rings. The van der Waals surface area contributed by atoms with Gasteiger partial charge in [-0.1, -0.05) is 21.6 Å². The van der Waals surface area contributed by atoms with Crippen molar-refractivity contribution in [1.82, 2.24) is 9.55 Å². The van der Waals surface area contributed by atoms with Gasteiger partial charge in [0.25, 0.3) is 5.56 Å². The predicted molar refractivity (Wildman–Crippen MR) is 115 cm³/mol. The van der Waals surface area contributed by atoms with Crippen molar-refractivity contribution < 1.29 is 55.9 Å². The van der Waals surface area contributed by atoms with Crippen LogP contribution in [-0.2, 0) is 36.3 Å². The van der Waals surface area contributed by atoms with Gasteiger partial charge < -0.3 is 29.0 Å². The molecule has 5 atom stereocenters. The summed E-state index contributed by atoms with van der Waals surface area (Å²) in [4.78, 5) is 61.8. The Morgan fingerprint density at radius 1 is 1.18 bits per heavy atom. The molecular weight excluding hydrogens is 553 g/mol. The number of phosphoric ester groups is 1. The number of H-pyrrole nitrogens is 1. The van der Waals surface area contributed by atoms with Gasteiger partial charge in [-0.3, -0.25) is 18.9 Å². The van der Waals surface area contributed by atoms with Crippen molar-refractivity contribution in [1.29, 1.82) is 0 Å². The summed E-state index contributed by atoms with van der Waals surface area (Å²) in [5.41, 5.74) is -1.12. The lowest BCUT2D eigenvalue weighted by molar-refractivity contribution is -0.0543. The topological polar surface area (TPSA) is 233 Å². The first-order valence-corrected chi connectivity index (χ1v) is 15.9. The monoisotopic (exact) mass is 574 g/mol. The fourth-order valence-electron chi connectivity index (χ4n) is 2.63. The van der Waals surface area contributed by atoms with Gasteiger partial charge in [0.1, 0.15) is 18.3 Å². The molecule has 1 saturated heterocycles. The van der Waals surface area contributed by atoms with Crippen LogP contribution in [0.5, 0.6) is 0 Å². The third-order valence-corrected chi connectivity index (χ3v) is 9.17. The highest BCUT2D eigenvalue weighted by Gasteiger charge is 2.43. The van der Waals surface area contributed by atoms with Gasteiger partial charge in [-0.25, -0.2) is 18.5 Å². The Labute approximate surface area is 193 Å². The zero-order valence-electron chi connectivity index (χ0n) is 16.9.